The summed E-state index contributed by atoms with van der Waals surface area (Å²) in [6, 6.07) is 8.68. The molecule has 0 amide bonds. The number of hydrogen-bond acceptors (Lipinski definition) is 4. The third-order valence-electron chi connectivity index (χ3n) is 3.66. The van der Waals surface area contributed by atoms with E-state index in [1.165, 1.54) is 35.4 Å². The van der Waals surface area contributed by atoms with Crippen LogP contribution >= 0.6 is 11.3 Å². The van der Waals surface area contributed by atoms with Crippen LogP contribution in [0.2, 0.25) is 0 Å². The Balaban J connectivity index is 2.03. The van der Waals surface area contributed by atoms with Gasteiger partial charge in [-0.15, -0.1) is 0 Å². The summed E-state index contributed by atoms with van der Waals surface area (Å²) in [6.45, 7) is 3.68. The van der Waals surface area contributed by atoms with Crippen LogP contribution in [-0.2, 0) is 13.0 Å². The molecule has 1 aromatic carbocycles. The zero-order chi connectivity index (χ0) is 13.2. The lowest BCUT2D eigenvalue weighted by molar-refractivity contribution is 0.760. The number of para-hydroxylation sites is 1. The fourth-order valence-corrected chi connectivity index (χ4v) is 3.59. The first-order chi connectivity index (χ1) is 9.29. The van der Waals surface area contributed by atoms with Crippen molar-refractivity contribution >= 4 is 22.2 Å². The molecule has 0 aliphatic carbocycles. The van der Waals surface area contributed by atoms with E-state index in [1.807, 2.05) is 6.92 Å². The van der Waals surface area contributed by atoms with E-state index in [9.17, 15) is 0 Å². The standard InChI is InChI=1S/C15H19N3S/c1-11-14(10-16)19-15(17-11)18-9-5-4-7-12-6-2-3-8-13(12)18/h2-3,6,8H,4-5,7,9-10,16H2,1H3. The van der Waals surface area contributed by atoms with E-state index in [2.05, 4.69) is 29.2 Å². The number of aryl methyl sites for hydroxylation is 2. The second-order valence-corrected chi connectivity index (χ2v) is 6.01. The summed E-state index contributed by atoms with van der Waals surface area (Å²) in [7, 11) is 0. The molecular formula is C15H19N3S. The Kier molecular flexibility index (Phi) is 3.53. The van der Waals surface area contributed by atoms with Gasteiger partial charge in [-0.1, -0.05) is 29.5 Å². The van der Waals surface area contributed by atoms with E-state index < -0.39 is 0 Å². The quantitative estimate of drug-likeness (QED) is 0.912. The Bertz CT molecular complexity index is 577. The predicted molar refractivity (Wildman–Crippen MR) is 81.1 cm³/mol. The van der Waals surface area contributed by atoms with Crippen LogP contribution in [0.15, 0.2) is 24.3 Å². The summed E-state index contributed by atoms with van der Waals surface area (Å²) in [5, 5.41) is 1.09. The van der Waals surface area contributed by atoms with E-state index in [1.54, 1.807) is 11.3 Å². The number of hydrogen-bond donors (Lipinski definition) is 1. The number of fused-ring (bicyclic) bond motifs is 1. The van der Waals surface area contributed by atoms with Crippen molar-refractivity contribution in [1.29, 1.82) is 0 Å². The number of benzene rings is 1. The van der Waals surface area contributed by atoms with Gasteiger partial charge >= 0.3 is 0 Å². The SMILES string of the molecule is Cc1nc(N2CCCCc3ccccc32)sc1CN. The van der Waals surface area contributed by atoms with E-state index >= 15 is 0 Å². The number of nitrogens with two attached hydrogens (primary N) is 1. The minimum Gasteiger partial charge on any atom is -0.326 e. The predicted octanol–water partition coefficient (Wildman–Crippen LogP) is 3.38. The van der Waals surface area contributed by atoms with E-state index in [0.717, 1.165) is 17.4 Å². The zero-order valence-electron chi connectivity index (χ0n) is 11.2. The van der Waals surface area contributed by atoms with Crippen molar-refractivity contribution in [2.45, 2.75) is 32.7 Å². The Morgan fingerprint density at radius 2 is 2.16 bits per heavy atom. The van der Waals surface area contributed by atoms with Crippen molar-refractivity contribution in [3.8, 4) is 0 Å². The van der Waals surface area contributed by atoms with Gasteiger partial charge < -0.3 is 10.6 Å². The Hall–Kier alpha value is -1.39. The highest BCUT2D eigenvalue weighted by Gasteiger charge is 2.19. The van der Waals surface area contributed by atoms with Crippen molar-refractivity contribution in [2.75, 3.05) is 11.4 Å². The first-order valence-electron chi connectivity index (χ1n) is 6.81. The molecule has 0 atom stereocenters. The fraction of sp³-hybridized carbons (Fsp3) is 0.400. The minimum atomic E-state index is 0.582. The molecule has 1 aliphatic heterocycles. The average molecular weight is 273 g/mol. The summed E-state index contributed by atoms with van der Waals surface area (Å²) in [5.74, 6) is 0. The van der Waals surface area contributed by atoms with E-state index in [0.29, 0.717) is 6.54 Å². The number of aromatic nitrogens is 1. The lowest BCUT2D eigenvalue weighted by Gasteiger charge is -2.21. The van der Waals surface area contributed by atoms with Gasteiger partial charge in [-0.3, -0.25) is 0 Å². The molecule has 2 heterocycles. The van der Waals surface area contributed by atoms with Gasteiger partial charge in [0.05, 0.1) is 5.69 Å². The van der Waals surface area contributed by atoms with Gasteiger partial charge in [-0.05, 0) is 37.8 Å². The lowest BCUT2D eigenvalue weighted by atomic mass is 10.1. The zero-order valence-corrected chi connectivity index (χ0v) is 12.0. The third-order valence-corrected chi connectivity index (χ3v) is 4.86. The maximum atomic E-state index is 5.77. The van der Waals surface area contributed by atoms with Crippen LogP contribution in [0.5, 0.6) is 0 Å². The van der Waals surface area contributed by atoms with Crippen LogP contribution < -0.4 is 10.6 Å². The fourth-order valence-electron chi connectivity index (χ4n) is 2.61. The minimum absolute atomic E-state index is 0.582. The normalized spacial score (nSPS) is 15.2. The Morgan fingerprint density at radius 1 is 1.32 bits per heavy atom. The van der Waals surface area contributed by atoms with Gasteiger partial charge in [0.25, 0.3) is 0 Å². The first-order valence-corrected chi connectivity index (χ1v) is 7.63. The topological polar surface area (TPSA) is 42.2 Å². The van der Waals surface area contributed by atoms with Crippen LogP contribution in [0, 0.1) is 6.92 Å². The molecule has 0 radical (unpaired) electrons. The molecule has 4 heteroatoms. The van der Waals surface area contributed by atoms with Crippen molar-refractivity contribution in [3.05, 3.63) is 40.4 Å². The second-order valence-electron chi connectivity index (χ2n) is 4.95. The van der Waals surface area contributed by atoms with Crippen molar-refractivity contribution < 1.29 is 0 Å². The maximum absolute atomic E-state index is 5.77. The third kappa shape index (κ3) is 2.38. The van der Waals surface area contributed by atoms with Gasteiger partial charge in [-0.25, -0.2) is 4.98 Å². The molecule has 0 bridgehead atoms. The molecule has 0 spiro atoms. The van der Waals surface area contributed by atoms with Crippen LogP contribution in [0.25, 0.3) is 0 Å². The highest BCUT2D eigenvalue weighted by molar-refractivity contribution is 7.15. The van der Waals surface area contributed by atoms with Crippen LogP contribution in [0.1, 0.15) is 29.0 Å². The Morgan fingerprint density at radius 3 is 2.95 bits per heavy atom. The molecule has 19 heavy (non-hydrogen) atoms. The molecule has 3 nitrogen and oxygen atoms in total. The van der Waals surface area contributed by atoms with Crippen LogP contribution in [0.4, 0.5) is 10.8 Å². The molecule has 0 saturated heterocycles. The molecule has 100 valence electrons. The van der Waals surface area contributed by atoms with Gasteiger partial charge in [0, 0.05) is 23.7 Å². The second kappa shape index (κ2) is 5.31. The Labute approximate surface area is 118 Å². The van der Waals surface area contributed by atoms with Crippen molar-refractivity contribution in [3.63, 3.8) is 0 Å². The summed E-state index contributed by atoms with van der Waals surface area (Å²) >= 11 is 1.73. The van der Waals surface area contributed by atoms with Crippen molar-refractivity contribution in [1.82, 2.24) is 4.98 Å². The maximum Gasteiger partial charge on any atom is 0.190 e. The van der Waals surface area contributed by atoms with Gasteiger partial charge in [0.1, 0.15) is 0 Å². The average Bonchev–Trinajstić information content (AvgIpc) is 2.68. The summed E-state index contributed by atoms with van der Waals surface area (Å²) in [4.78, 5) is 8.26. The molecule has 0 unspecified atom stereocenters. The van der Waals surface area contributed by atoms with E-state index in [4.69, 9.17) is 10.7 Å². The lowest BCUT2D eigenvalue weighted by Crippen LogP contribution is -2.17. The monoisotopic (exact) mass is 273 g/mol. The molecule has 3 rings (SSSR count). The summed E-state index contributed by atoms with van der Waals surface area (Å²) < 4.78 is 0. The highest BCUT2D eigenvalue weighted by Crippen LogP contribution is 2.35. The van der Waals surface area contributed by atoms with Crippen LogP contribution in [0.3, 0.4) is 0 Å². The number of thiazole rings is 1. The summed E-state index contributed by atoms with van der Waals surface area (Å²) in [5.41, 5.74) is 9.59. The van der Waals surface area contributed by atoms with Gasteiger partial charge in [-0.2, -0.15) is 0 Å². The molecule has 0 saturated carbocycles. The molecule has 2 aromatic rings. The summed E-state index contributed by atoms with van der Waals surface area (Å²) in [6.07, 6.45) is 3.63. The largest absolute Gasteiger partial charge is 0.326 e. The number of nitrogens with zero attached hydrogens (tertiary/aromatic N) is 2. The van der Waals surface area contributed by atoms with Gasteiger partial charge in [0.2, 0.25) is 0 Å². The first kappa shape index (κ1) is 12.6. The molecule has 1 aromatic heterocycles. The molecule has 0 fully saturated rings. The van der Waals surface area contributed by atoms with E-state index in [-0.39, 0.29) is 0 Å². The smallest absolute Gasteiger partial charge is 0.190 e. The van der Waals surface area contributed by atoms with Crippen molar-refractivity contribution in [2.24, 2.45) is 5.73 Å². The number of anilines is 2. The van der Waals surface area contributed by atoms with Gasteiger partial charge in [0.15, 0.2) is 5.13 Å². The van der Waals surface area contributed by atoms with Crippen LogP contribution in [-0.4, -0.2) is 11.5 Å². The number of rotatable bonds is 2. The molecule has 2 N–H and O–H groups in total. The molecular weight excluding hydrogens is 254 g/mol. The molecule has 1 aliphatic rings. The highest BCUT2D eigenvalue weighted by atomic mass is 32.1.